The molecule has 2 nitrogen and oxygen atoms in total. The van der Waals surface area contributed by atoms with E-state index in [0.717, 1.165) is 23.3 Å². The largest absolute Gasteiger partial charge is 0.326 e. The van der Waals surface area contributed by atoms with Gasteiger partial charge in [-0.25, -0.2) is 4.39 Å². The van der Waals surface area contributed by atoms with Gasteiger partial charge in [-0.05, 0) is 31.4 Å². The lowest BCUT2D eigenvalue weighted by atomic mass is 10.1. The van der Waals surface area contributed by atoms with Crippen LogP contribution in [0.2, 0.25) is 0 Å². The van der Waals surface area contributed by atoms with E-state index in [1.165, 1.54) is 0 Å². The van der Waals surface area contributed by atoms with Crippen LogP contribution >= 0.6 is 11.8 Å². The number of hydrogen-bond donors (Lipinski definition) is 1. The van der Waals surface area contributed by atoms with Crippen LogP contribution in [0.15, 0.2) is 18.2 Å². The summed E-state index contributed by atoms with van der Waals surface area (Å²) in [6.07, 6.45) is 3.19. The van der Waals surface area contributed by atoms with Crippen molar-refractivity contribution >= 4 is 11.8 Å². The van der Waals surface area contributed by atoms with E-state index < -0.39 is 0 Å². The van der Waals surface area contributed by atoms with E-state index in [-0.39, 0.29) is 5.82 Å². The molecule has 4 heteroatoms. The van der Waals surface area contributed by atoms with Gasteiger partial charge in [0.05, 0.1) is 0 Å². The third-order valence-electron chi connectivity index (χ3n) is 3.23. The highest BCUT2D eigenvalue weighted by Crippen LogP contribution is 2.16. The maximum Gasteiger partial charge on any atom is 0.128 e. The van der Waals surface area contributed by atoms with E-state index in [1.807, 2.05) is 23.9 Å². The Morgan fingerprint density at radius 2 is 2.17 bits per heavy atom. The van der Waals surface area contributed by atoms with Crippen LogP contribution in [0.1, 0.15) is 24.5 Å². The summed E-state index contributed by atoms with van der Waals surface area (Å²) < 4.78 is 13.9. The molecule has 1 aromatic rings. The van der Waals surface area contributed by atoms with E-state index in [4.69, 9.17) is 5.73 Å². The van der Waals surface area contributed by atoms with Crippen molar-refractivity contribution in [3.63, 3.8) is 0 Å². The molecule has 0 aliphatic heterocycles. The Kier molecular flexibility index (Phi) is 6.68. The second kappa shape index (κ2) is 7.77. The van der Waals surface area contributed by atoms with Crippen LogP contribution in [0.5, 0.6) is 0 Å². The Labute approximate surface area is 114 Å². The molecular formula is C14H23FN2S. The minimum absolute atomic E-state index is 0.149. The topological polar surface area (TPSA) is 29.3 Å². The summed E-state index contributed by atoms with van der Waals surface area (Å²) >= 11 is 1.83. The number of halogens is 1. The third kappa shape index (κ3) is 4.26. The van der Waals surface area contributed by atoms with Crippen molar-refractivity contribution in [1.29, 1.82) is 0 Å². The summed E-state index contributed by atoms with van der Waals surface area (Å²) in [4.78, 5) is 2.22. The lowest BCUT2D eigenvalue weighted by Crippen LogP contribution is -2.33. The minimum Gasteiger partial charge on any atom is -0.326 e. The van der Waals surface area contributed by atoms with Gasteiger partial charge in [0.2, 0.25) is 0 Å². The molecule has 0 amide bonds. The molecule has 0 fully saturated rings. The van der Waals surface area contributed by atoms with Gasteiger partial charge < -0.3 is 5.73 Å². The Morgan fingerprint density at radius 1 is 1.44 bits per heavy atom. The van der Waals surface area contributed by atoms with Crippen molar-refractivity contribution in [1.82, 2.24) is 4.90 Å². The van der Waals surface area contributed by atoms with Gasteiger partial charge in [-0.15, -0.1) is 0 Å². The maximum absolute atomic E-state index is 13.9. The SMILES string of the molecule is CCC(CSC)N(C)Cc1ccc(CN)cc1F. The van der Waals surface area contributed by atoms with Gasteiger partial charge in [-0.2, -0.15) is 11.8 Å². The molecule has 0 spiro atoms. The second-order valence-electron chi connectivity index (χ2n) is 4.56. The number of thioether (sulfide) groups is 1. The standard InChI is InChI=1S/C14H23FN2S/c1-4-13(10-18-3)17(2)9-12-6-5-11(8-16)7-14(12)15/h5-7,13H,4,8-10,16H2,1-3H3. The summed E-state index contributed by atoms with van der Waals surface area (Å²) in [6, 6.07) is 5.79. The van der Waals surface area contributed by atoms with Crippen LogP contribution in [0.4, 0.5) is 4.39 Å². The molecule has 0 saturated heterocycles. The van der Waals surface area contributed by atoms with Crippen LogP contribution in [0.25, 0.3) is 0 Å². The molecule has 0 saturated carbocycles. The lowest BCUT2D eigenvalue weighted by Gasteiger charge is -2.26. The fourth-order valence-corrected chi connectivity index (χ4v) is 2.87. The van der Waals surface area contributed by atoms with E-state index in [9.17, 15) is 4.39 Å². The number of nitrogens with zero attached hydrogens (tertiary/aromatic N) is 1. The van der Waals surface area contributed by atoms with Crippen molar-refractivity contribution in [2.24, 2.45) is 5.73 Å². The smallest absolute Gasteiger partial charge is 0.128 e. The fourth-order valence-electron chi connectivity index (χ4n) is 1.99. The molecule has 0 heterocycles. The van der Waals surface area contributed by atoms with Crippen molar-refractivity contribution in [3.05, 3.63) is 35.1 Å². The monoisotopic (exact) mass is 270 g/mol. The predicted molar refractivity (Wildman–Crippen MR) is 78.2 cm³/mol. The molecule has 0 aliphatic rings. The lowest BCUT2D eigenvalue weighted by molar-refractivity contribution is 0.244. The van der Waals surface area contributed by atoms with Crippen molar-refractivity contribution in [2.75, 3.05) is 19.1 Å². The summed E-state index contributed by atoms with van der Waals surface area (Å²) in [6.45, 7) is 3.21. The first-order valence-corrected chi connectivity index (χ1v) is 7.68. The van der Waals surface area contributed by atoms with Crippen molar-refractivity contribution in [3.8, 4) is 0 Å². The highest BCUT2D eigenvalue weighted by Gasteiger charge is 2.14. The normalized spacial score (nSPS) is 13.0. The highest BCUT2D eigenvalue weighted by atomic mass is 32.2. The third-order valence-corrected chi connectivity index (χ3v) is 3.94. The molecule has 2 N–H and O–H groups in total. The quantitative estimate of drug-likeness (QED) is 0.826. The molecular weight excluding hydrogens is 247 g/mol. The Bertz CT molecular complexity index is 371. The molecule has 0 bridgehead atoms. The first kappa shape index (κ1) is 15.5. The molecule has 1 unspecified atom stereocenters. The van der Waals surface area contributed by atoms with E-state index in [1.54, 1.807) is 6.07 Å². The average molecular weight is 270 g/mol. The zero-order valence-corrected chi connectivity index (χ0v) is 12.3. The van der Waals surface area contributed by atoms with Crippen molar-refractivity contribution < 1.29 is 4.39 Å². The molecule has 0 aliphatic carbocycles. The average Bonchev–Trinajstić information content (AvgIpc) is 2.38. The van der Waals surface area contributed by atoms with E-state index >= 15 is 0 Å². The van der Waals surface area contributed by atoms with Crippen LogP contribution in [-0.4, -0.2) is 30.0 Å². The molecule has 1 aromatic carbocycles. The van der Waals surface area contributed by atoms with E-state index in [2.05, 4.69) is 25.1 Å². The highest BCUT2D eigenvalue weighted by molar-refractivity contribution is 7.98. The maximum atomic E-state index is 13.9. The summed E-state index contributed by atoms with van der Waals surface area (Å²) in [5.74, 6) is 0.930. The number of rotatable bonds is 7. The van der Waals surface area contributed by atoms with Gasteiger partial charge in [0, 0.05) is 30.4 Å². The van der Waals surface area contributed by atoms with Gasteiger partial charge in [0.1, 0.15) is 5.82 Å². The first-order chi connectivity index (χ1) is 8.62. The van der Waals surface area contributed by atoms with Crippen LogP contribution < -0.4 is 5.73 Å². The Hall–Kier alpha value is -0.580. The molecule has 1 rings (SSSR count). The van der Waals surface area contributed by atoms with Gasteiger partial charge >= 0.3 is 0 Å². The molecule has 1 atom stereocenters. The second-order valence-corrected chi connectivity index (χ2v) is 5.47. The zero-order chi connectivity index (χ0) is 13.5. The molecule has 102 valence electrons. The molecule has 0 radical (unpaired) electrons. The predicted octanol–water partition coefficient (Wildman–Crippen LogP) is 2.86. The molecule has 0 aromatic heterocycles. The number of benzene rings is 1. The van der Waals surface area contributed by atoms with Crippen molar-refractivity contribution in [2.45, 2.75) is 32.5 Å². The Balaban J connectivity index is 2.71. The summed E-state index contributed by atoms with van der Waals surface area (Å²) in [7, 11) is 2.06. The number of nitrogens with two attached hydrogens (primary N) is 1. The van der Waals surface area contributed by atoms with Gasteiger partial charge in [0.25, 0.3) is 0 Å². The summed E-state index contributed by atoms with van der Waals surface area (Å²) in [5, 5.41) is 0. The minimum atomic E-state index is -0.149. The van der Waals surface area contributed by atoms with Gasteiger partial charge in [0.15, 0.2) is 0 Å². The zero-order valence-electron chi connectivity index (χ0n) is 11.4. The van der Waals surface area contributed by atoms with Gasteiger partial charge in [-0.1, -0.05) is 19.1 Å². The van der Waals surface area contributed by atoms with E-state index in [0.29, 0.717) is 19.1 Å². The fraction of sp³-hybridized carbons (Fsp3) is 0.571. The summed E-state index contributed by atoms with van der Waals surface area (Å²) in [5.41, 5.74) is 7.09. The first-order valence-electron chi connectivity index (χ1n) is 6.28. The Morgan fingerprint density at radius 3 is 2.67 bits per heavy atom. The molecule has 18 heavy (non-hydrogen) atoms. The van der Waals surface area contributed by atoms with Crippen LogP contribution in [-0.2, 0) is 13.1 Å². The number of hydrogen-bond acceptors (Lipinski definition) is 3. The van der Waals surface area contributed by atoms with Crippen LogP contribution in [0.3, 0.4) is 0 Å². The van der Waals surface area contributed by atoms with Gasteiger partial charge in [-0.3, -0.25) is 4.90 Å². The van der Waals surface area contributed by atoms with Crippen LogP contribution in [0, 0.1) is 5.82 Å².